The molecule has 5 nitrogen and oxygen atoms in total. The van der Waals surface area contributed by atoms with Crippen LogP contribution in [0.25, 0.3) is 0 Å². The second-order valence-corrected chi connectivity index (χ2v) is 6.55. The predicted octanol–water partition coefficient (Wildman–Crippen LogP) is 3.96. The summed E-state index contributed by atoms with van der Waals surface area (Å²) in [7, 11) is 0. The van der Waals surface area contributed by atoms with E-state index in [0.717, 1.165) is 56.2 Å². The third-order valence-electron chi connectivity index (χ3n) is 4.58. The largest absolute Gasteiger partial charge is 0.381 e. The Kier molecular flexibility index (Phi) is 4.96. The first-order chi connectivity index (χ1) is 11.1. The Morgan fingerprint density at radius 1 is 1.39 bits per heavy atom. The zero-order valence-electron chi connectivity index (χ0n) is 14.1. The zero-order chi connectivity index (χ0) is 16.2. The molecule has 1 aromatic heterocycles. The van der Waals surface area contributed by atoms with Gasteiger partial charge in [0.2, 0.25) is 0 Å². The van der Waals surface area contributed by atoms with Gasteiger partial charge in [0.1, 0.15) is 5.84 Å². The molecule has 3 rings (SSSR count). The van der Waals surface area contributed by atoms with Crippen molar-refractivity contribution in [2.75, 3.05) is 13.2 Å². The Labute approximate surface area is 137 Å². The molecule has 0 atom stereocenters. The molecule has 0 unspecified atom stereocenters. The zero-order valence-corrected chi connectivity index (χ0v) is 14.1. The molecule has 1 saturated heterocycles. The third kappa shape index (κ3) is 3.91. The molecule has 5 heteroatoms. The van der Waals surface area contributed by atoms with E-state index in [1.165, 1.54) is 23.3 Å². The molecule has 1 aliphatic heterocycles. The molecule has 2 N–H and O–H groups in total. The highest BCUT2D eigenvalue weighted by molar-refractivity contribution is 6.01. The SMILES string of the molecule is C=C(C)NC(=Nc1cc(C2CCOCC2)[nH]n1)C1=C(C)CCC1. The van der Waals surface area contributed by atoms with E-state index in [-0.39, 0.29) is 0 Å². The van der Waals surface area contributed by atoms with Crippen LogP contribution in [0.4, 0.5) is 5.82 Å². The fourth-order valence-corrected chi connectivity index (χ4v) is 3.30. The molecule has 23 heavy (non-hydrogen) atoms. The summed E-state index contributed by atoms with van der Waals surface area (Å²) in [6, 6.07) is 2.07. The summed E-state index contributed by atoms with van der Waals surface area (Å²) in [5, 5.41) is 10.9. The molecule has 0 bridgehead atoms. The number of hydrogen-bond donors (Lipinski definition) is 2. The van der Waals surface area contributed by atoms with Crippen molar-refractivity contribution in [2.45, 2.75) is 51.9 Å². The molecule has 1 fully saturated rings. The fourth-order valence-electron chi connectivity index (χ4n) is 3.30. The van der Waals surface area contributed by atoms with Crippen molar-refractivity contribution in [1.82, 2.24) is 15.5 Å². The lowest BCUT2D eigenvalue weighted by Gasteiger charge is -2.20. The average Bonchev–Trinajstić information content (AvgIpc) is 3.16. The molecule has 0 amide bonds. The number of nitrogens with one attached hydrogen (secondary N) is 2. The molecule has 0 radical (unpaired) electrons. The van der Waals surface area contributed by atoms with Crippen LogP contribution in [0.3, 0.4) is 0 Å². The van der Waals surface area contributed by atoms with Crippen LogP contribution in [-0.2, 0) is 4.74 Å². The van der Waals surface area contributed by atoms with Gasteiger partial charge in [0.15, 0.2) is 5.82 Å². The number of rotatable bonds is 4. The molecule has 0 aromatic carbocycles. The lowest BCUT2D eigenvalue weighted by Crippen LogP contribution is -2.22. The van der Waals surface area contributed by atoms with Crippen molar-refractivity contribution in [3.8, 4) is 0 Å². The lowest BCUT2D eigenvalue weighted by atomic mass is 9.97. The van der Waals surface area contributed by atoms with Crippen LogP contribution in [0.5, 0.6) is 0 Å². The Hall–Kier alpha value is -1.88. The molecule has 124 valence electrons. The molecular weight excluding hydrogens is 288 g/mol. The summed E-state index contributed by atoms with van der Waals surface area (Å²) in [5.41, 5.74) is 4.79. The van der Waals surface area contributed by atoms with Crippen molar-refractivity contribution in [1.29, 1.82) is 0 Å². The number of allylic oxidation sites excluding steroid dienone is 2. The maximum atomic E-state index is 5.43. The molecule has 1 aromatic rings. The van der Waals surface area contributed by atoms with Crippen molar-refractivity contribution in [3.63, 3.8) is 0 Å². The number of nitrogens with zero attached hydrogens (tertiary/aromatic N) is 2. The summed E-state index contributed by atoms with van der Waals surface area (Å²) < 4.78 is 5.43. The Bertz CT molecular complexity index is 635. The summed E-state index contributed by atoms with van der Waals surface area (Å²) in [4.78, 5) is 4.76. The Morgan fingerprint density at radius 3 is 2.83 bits per heavy atom. The van der Waals surface area contributed by atoms with Crippen LogP contribution < -0.4 is 5.32 Å². The highest BCUT2D eigenvalue weighted by Gasteiger charge is 2.20. The molecule has 2 aliphatic rings. The van der Waals surface area contributed by atoms with Gasteiger partial charge < -0.3 is 10.1 Å². The highest BCUT2D eigenvalue weighted by Crippen LogP contribution is 2.29. The van der Waals surface area contributed by atoms with Crippen LogP contribution in [-0.4, -0.2) is 29.2 Å². The molecule has 0 spiro atoms. The van der Waals surface area contributed by atoms with E-state index in [4.69, 9.17) is 9.73 Å². The number of aromatic amines is 1. The molecule has 1 aliphatic carbocycles. The van der Waals surface area contributed by atoms with Gasteiger partial charge >= 0.3 is 0 Å². The molecular formula is C18H26N4O. The van der Waals surface area contributed by atoms with Gasteiger partial charge in [-0.25, -0.2) is 4.99 Å². The van der Waals surface area contributed by atoms with Crippen LogP contribution >= 0.6 is 0 Å². The van der Waals surface area contributed by atoms with E-state index >= 15 is 0 Å². The number of amidine groups is 1. The predicted molar refractivity (Wildman–Crippen MR) is 93.0 cm³/mol. The molecule has 2 heterocycles. The van der Waals surface area contributed by atoms with Gasteiger partial charge in [0.05, 0.1) is 0 Å². The maximum absolute atomic E-state index is 5.43. The Balaban J connectivity index is 1.83. The average molecular weight is 314 g/mol. The van der Waals surface area contributed by atoms with E-state index < -0.39 is 0 Å². The maximum Gasteiger partial charge on any atom is 0.175 e. The Morgan fingerprint density at radius 2 is 2.17 bits per heavy atom. The van der Waals surface area contributed by atoms with Crippen molar-refractivity contribution in [3.05, 3.63) is 35.2 Å². The second kappa shape index (κ2) is 7.13. The van der Waals surface area contributed by atoms with Crippen LogP contribution in [0.15, 0.2) is 34.5 Å². The quantitative estimate of drug-likeness (QED) is 0.653. The number of aliphatic imine (C=N–C) groups is 1. The van der Waals surface area contributed by atoms with E-state index in [9.17, 15) is 0 Å². The van der Waals surface area contributed by atoms with Gasteiger partial charge in [0, 0.05) is 36.6 Å². The lowest BCUT2D eigenvalue weighted by molar-refractivity contribution is 0.0845. The second-order valence-electron chi connectivity index (χ2n) is 6.55. The standard InChI is InChI=1S/C18H26N4O/c1-12(2)19-18(15-6-4-5-13(15)3)20-17-11-16(21-22-17)14-7-9-23-10-8-14/h11,14H,1,4-10H2,2-3H3,(H2,19,20,21,22). The first-order valence-corrected chi connectivity index (χ1v) is 8.46. The first-order valence-electron chi connectivity index (χ1n) is 8.46. The van der Waals surface area contributed by atoms with Crippen molar-refractivity contribution < 1.29 is 4.74 Å². The van der Waals surface area contributed by atoms with Crippen molar-refractivity contribution >= 4 is 11.7 Å². The van der Waals surface area contributed by atoms with Crippen LogP contribution in [0.1, 0.15) is 57.6 Å². The summed E-state index contributed by atoms with van der Waals surface area (Å²) in [5.74, 6) is 2.14. The van der Waals surface area contributed by atoms with Gasteiger partial charge in [-0.1, -0.05) is 12.2 Å². The first kappa shape index (κ1) is 16.0. The minimum Gasteiger partial charge on any atom is -0.381 e. The summed E-state index contributed by atoms with van der Waals surface area (Å²) in [6.45, 7) is 9.76. The van der Waals surface area contributed by atoms with E-state index in [0.29, 0.717) is 5.92 Å². The van der Waals surface area contributed by atoms with E-state index in [1.54, 1.807) is 0 Å². The van der Waals surface area contributed by atoms with Gasteiger partial charge in [0.25, 0.3) is 0 Å². The van der Waals surface area contributed by atoms with Gasteiger partial charge in [-0.15, -0.1) is 0 Å². The highest BCUT2D eigenvalue weighted by atomic mass is 16.5. The van der Waals surface area contributed by atoms with Gasteiger partial charge in [-0.2, -0.15) is 5.10 Å². The van der Waals surface area contributed by atoms with E-state index in [1.807, 2.05) is 6.92 Å². The van der Waals surface area contributed by atoms with E-state index in [2.05, 4.69) is 35.1 Å². The third-order valence-corrected chi connectivity index (χ3v) is 4.58. The number of aromatic nitrogens is 2. The van der Waals surface area contributed by atoms with Gasteiger partial charge in [-0.3, -0.25) is 5.10 Å². The van der Waals surface area contributed by atoms with Gasteiger partial charge in [-0.05, 0) is 51.5 Å². The normalized spacial score (nSPS) is 20.2. The van der Waals surface area contributed by atoms with Crippen LogP contribution in [0.2, 0.25) is 0 Å². The summed E-state index contributed by atoms with van der Waals surface area (Å²) >= 11 is 0. The monoisotopic (exact) mass is 314 g/mol. The number of ether oxygens (including phenoxy) is 1. The summed E-state index contributed by atoms with van der Waals surface area (Å²) in [6.07, 6.45) is 5.52. The van der Waals surface area contributed by atoms with Crippen molar-refractivity contribution in [2.24, 2.45) is 4.99 Å². The molecule has 0 saturated carbocycles. The number of hydrogen-bond acceptors (Lipinski definition) is 3. The fraction of sp³-hybridized carbons (Fsp3) is 0.556. The minimum absolute atomic E-state index is 0.505. The number of H-pyrrole nitrogens is 1. The van der Waals surface area contributed by atoms with Crippen LogP contribution in [0, 0.1) is 0 Å². The minimum atomic E-state index is 0.505. The topological polar surface area (TPSA) is 62.3 Å². The smallest absolute Gasteiger partial charge is 0.175 e.